The summed E-state index contributed by atoms with van der Waals surface area (Å²) in [6.45, 7) is 2.61. The first-order valence-electron chi connectivity index (χ1n) is 8.72. The van der Waals surface area contributed by atoms with Gasteiger partial charge in [0.15, 0.2) is 0 Å². The molecule has 1 amide bonds. The normalized spacial score (nSPS) is 15.4. The molecule has 0 radical (unpaired) electrons. The monoisotopic (exact) mass is 396 g/mol. The molecule has 7 heteroatoms. The predicted octanol–water partition coefficient (Wildman–Crippen LogP) is 4.15. The van der Waals surface area contributed by atoms with Gasteiger partial charge in [-0.25, -0.2) is 0 Å². The van der Waals surface area contributed by atoms with E-state index in [2.05, 4.69) is 10.2 Å². The van der Waals surface area contributed by atoms with Crippen LogP contribution in [0.5, 0.6) is 0 Å². The summed E-state index contributed by atoms with van der Waals surface area (Å²) in [7, 11) is 0. The highest BCUT2D eigenvalue weighted by molar-refractivity contribution is 6.30. The Hall–Kier alpha value is -2.05. The maximum Gasteiger partial charge on any atom is 0.416 e. The van der Waals surface area contributed by atoms with Crippen LogP contribution < -0.4 is 5.32 Å². The molecule has 1 saturated heterocycles. The van der Waals surface area contributed by atoms with Crippen LogP contribution in [0.2, 0.25) is 5.02 Å². The molecule has 0 aromatic heterocycles. The van der Waals surface area contributed by atoms with Crippen LogP contribution in [0.3, 0.4) is 0 Å². The second-order valence-electron chi connectivity index (χ2n) is 6.75. The van der Waals surface area contributed by atoms with E-state index in [1.165, 1.54) is 12.1 Å². The van der Waals surface area contributed by atoms with Gasteiger partial charge in [-0.1, -0.05) is 35.9 Å². The van der Waals surface area contributed by atoms with Crippen molar-refractivity contribution in [2.75, 3.05) is 19.6 Å². The summed E-state index contributed by atoms with van der Waals surface area (Å²) < 4.78 is 37.6. The number of alkyl halides is 3. The van der Waals surface area contributed by atoms with Crippen molar-refractivity contribution in [1.29, 1.82) is 0 Å². The number of benzene rings is 2. The van der Waals surface area contributed by atoms with Crippen LogP contribution in [0.25, 0.3) is 0 Å². The summed E-state index contributed by atoms with van der Waals surface area (Å²) in [5.41, 5.74) is 1.26. The zero-order valence-electron chi connectivity index (χ0n) is 14.6. The number of carbonyl (C=O) groups excluding carboxylic acids is 1. The molecule has 1 fully saturated rings. The molecular weight excluding hydrogens is 377 g/mol. The second-order valence-corrected chi connectivity index (χ2v) is 7.19. The average Bonchev–Trinajstić information content (AvgIpc) is 2.59. The Labute approximate surface area is 161 Å². The number of amides is 1. The van der Waals surface area contributed by atoms with Crippen molar-refractivity contribution in [2.24, 2.45) is 5.92 Å². The van der Waals surface area contributed by atoms with E-state index < -0.39 is 11.7 Å². The van der Waals surface area contributed by atoms with Crippen molar-refractivity contribution < 1.29 is 18.0 Å². The lowest BCUT2D eigenvalue weighted by Crippen LogP contribution is -2.53. The minimum atomic E-state index is -4.32. The molecule has 1 aliphatic heterocycles. The van der Waals surface area contributed by atoms with Gasteiger partial charge in [0.1, 0.15) is 0 Å². The summed E-state index contributed by atoms with van der Waals surface area (Å²) in [5.74, 6) is -0.0424. The molecule has 0 aliphatic carbocycles. The molecule has 3 nitrogen and oxygen atoms in total. The summed E-state index contributed by atoms with van der Waals surface area (Å²) in [6.07, 6.45) is -3.82. The Balaban J connectivity index is 1.36. The molecule has 0 unspecified atom stereocenters. The van der Waals surface area contributed by atoms with E-state index in [4.69, 9.17) is 11.6 Å². The molecular formula is C20H20ClF3N2O. The second kappa shape index (κ2) is 8.31. The van der Waals surface area contributed by atoms with E-state index in [9.17, 15) is 18.0 Å². The Morgan fingerprint density at radius 1 is 1.04 bits per heavy atom. The Morgan fingerprint density at radius 3 is 2.22 bits per heavy atom. The molecule has 1 heterocycles. The summed E-state index contributed by atoms with van der Waals surface area (Å²) in [5, 5.41) is 3.57. The lowest BCUT2D eigenvalue weighted by Gasteiger charge is -2.38. The number of likely N-dealkylation sites (tertiary alicyclic amines) is 1. The van der Waals surface area contributed by atoms with Gasteiger partial charge in [-0.05, 0) is 41.8 Å². The minimum absolute atomic E-state index is 0.00531. The highest BCUT2D eigenvalue weighted by atomic mass is 35.5. The third kappa shape index (κ3) is 5.47. The Kier molecular flexibility index (Phi) is 6.07. The number of nitrogens with zero attached hydrogens (tertiary/aromatic N) is 1. The number of hydrogen-bond acceptors (Lipinski definition) is 2. The van der Waals surface area contributed by atoms with Crippen LogP contribution in [0.4, 0.5) is 13.2 Å². The van der Waals surface area contributed by atoms with Crippen molar-refractivity contribution >= 4 is 17.5 Å². The molecule has 0 spiro atoms. The fraction of sp³-hybridized carbons (Fsp3) is 0.350. The zero-order valence-corrected chi connectivity index (χ0v) is 15.4. The summed E-state index contributed by atoms with van der Waals surface area (Å²) in [6, 6.07) is 12.7. The van der Waals surface area contributed by atoms with Crippen molar-refractivity contribution in [3.63, 3.8) is 0 Å². The topological polar surface area (TPSA) is 32.3 Å². The number of carbonyl (C=O) groups is 1. The molecule has 3 rings (SSSR count). The van der Waals surface area contributed by atoms with Gasteiger partial charge in [0, 0.05) is 31.2 Å². The van der Waals surface area contributed by atoms with E-state index in [1.807, 2.05) is 24.3 Å². The first-order chi connectivity index (χ1) is 12.8. The van der Waals surface area contributed by atoms with Gasteiger partial charge in [-0.15, -0.1) is 0 Å². The molecule has 144 valence electrons. The molecule has 1 aliphatic rings. The van der Waals surface area contributed by atoms with E-state index >= 15 is 0 Å². The minimum Gasteiger partial charge on any atom is -0.355 e. The molecule has 0 atom stereocenters. The number of hydrogen-bond donors (Lipinski definition) is 1. The lowest BCUT2D eigenvalue weighted by molar-refractivity contribution is -0.137. The molecule has 0 bridgehead atoms. The van der Waals surface area contributed by atoms with E-state index in [0.29, 0.717) is 31.1 Å². The Bertz CT molecular complexity index is 769. The molecule has 2 aromatic rings. The SMILES string of the molecule is O=C(NCCc1ccc(C(F)(F)F)cc1)C1CN(Cc2ccc(Cl)cc2)C1. The quantitative estimate of drug-likeness (QED) is 0.795. The molecule has 2 aromatic carbocycles. The van der Waals surface area contributed by atoms with E-state index in [1.54, 1.807) is 0 Å². The number of halogens is 4. The zero-order chi connectivity index (χ0) is 19.4. The molecule has 0 saturated carbocycles. The smallest absolute Gasteiger partial charge is 0.355 e. The standard InChI is InChI=1S/C20H20ClF3N2O/c21-18-7-3-15(4-8-18)11-26-12-16(13-26)19(27)25-10-9-14-1-5-17(6-2-14)20(22,23)24/h1-8,16H,9-13H2,(H,25,27). The van der Waals surface area contributed by atoms with E-state index in [0.717, 1.165) is 29.8 Å². The van der Waals surface area contributed by atoms with Crippen molar-refractivity contribution in [3.8, 4) is 0 Å². The fourth-order valence-corrected chi connectivity index (χ4v) is 3.17. The maximum absolute atomic E-state index is 12.5. The van der Waals surface area contributed by atoms with Crippen LogP contribution >= 0.6 is 11.6 Å². The third-order valence-electron chi connectivity index (χ3n) is 4.64. The largest absolute Gasteiger partial charge is 0.416 e. The predicted molar refractivity (Wildman–Crippen MR) is 98.4 cm³/mol. The summed E-state index contributed by atoms with van der Waals surface area (Å²) >= 11 is 5.86. The van der Waals surface area contributed by atoms with Crippen LogP contribution in [-0.2, 0) is 23.9 Å². The molecule has 27 heavy (non-hydrogen) atoms. The van der Waals surface area contributed by atoms with Gasteiger partial charge in [-0.3, -0.25) is 9.69 Å². The van der Waals surface area contributed by atoms with Gasteiger partial charge >= 0.3 is 6.18 Å². The van der Waals surface area contributed by atoms with Gasteiger partial charge < -0.3 is 5.32 Å². The Morgan fingerprint density at radius 2 is 1.63 bits per heavy atom. The average molecular weight is 397 g/mol. The van der Waals surface area contributed by atoms with Gasteiger partial charge in [-0.2, -0.15) is 13.2 Å². The third-order valence-corrected chi connectivity index (χ3v) is 4.89. The van der Waals surface area contributed by atoms with Crippen molar-refractivity contribution in [1.82, 2.24) is 10.2 Å². The van der Waals surface area contributed by atoms with Crippen LogP contribution in [-0.4, -0.2) is 30.4 Å². The highest BCUT2D eigenvalue weighted by Crippen LogP contribution is 2.29. The lowest BCUT2D eigenvalue weighted by atomic mass is 9.98. The fourth-order valence-electron chi connectivity index (χ4n) is 3.05. The highest BCUT2D eigenvalue weighted by Gasteiger charge is 2.32. The van der Waals surface area contributed by atoms with E-state index in [-0.39, 0.29) is 11.8 Å². The van der Waals surface area contributed by atoms with Gasteiger partial charge in [0.2, 0.25) is 5.91 Å². The van der Waals surface area contributed by atoms with Crippen LogP contribution in [0, 0.1) is 5.92 Å². The van der Waals surface area contributed by atoms with Crippen molar-refractivity contribution in [3.05, 3.63) is 70.2 Å². The first kappa shape index (κ1) is 19.7. The summed E-state index contributed by atoms with van der Waals surface area (Å²) in [4.78, 5) is 14.3. The number of nitrogens with one attached hydrogen (secondary N) is 1. The first-order valence-corrected chi connectivity index (χ1v) is 9.10. The van der Waals surface area contributed by atoms with Gasteiger partial charge in [0.25, 0.3) is 0 Å². The van der Waals surface area contributed by atoms with Gasteiger partial charge in [0.05, 0.1) is 11.5 Å². The van der Waals surface area contributed by atoms with Crippen LogP contribution in [0.1, 0.15) is 16.7 Å². The van der Waals surface area contributed by atoms with Crippen LogP contribution in [0.15, 0.2) is 48.5 Å². The maximum atomic E-state index is 12.5. The van der Waals surface area contributed by atoms with Crippen molar-refractivity contribution in [2.45, 2.75) is 19.1 Å². The number of rotatable bonds is 6. The molecule has 1 N–H and O–H groups in total.